The van der Waals surface area contributed by atoms with Gasteiger partial charge in [-0.05, 0) is 18.2 Å². The van der Waals surface area contributed by atoms with Crippen LogP contribution in [0.15, 0.2) is 18.2 Å². The fourth-order valence-corrected chi connectivity index (χ4v) is 2.19. The SMILES string of the molecule is CN1CCC(Oc2ccc(C(N)=S)cc2C(F)(F)F)C1=O. The van der Waals surface area contributed by atoms with Crippen LogP contribution in [0.3, 0.4) is 0 Å². The Morgan fingerprint density at radius 2 is 2.14 bits per heavy atom. The standard InChI is InChI=1S/C13H13F3N2O2S/c1-18-5-4-10(12(18)19)20-9-3-2-7(11(17)21)6-8(9)13(14,15)16/h2-3,6,10H,4-5H2,1H3,(H2,17,21). The lowest BCUT2D eigenvalue weighted by Crippen LogP contribution is -2.30. The summed E-state index contributed by atoms with van der Waals surface area (Å²) in [7, 11) is 1.58. The maximum Gasteiger partial charge on any atom is 0.419 e. The molecule has 1 amide bonds. The van der Waals surface area contributed by atoms with Gasteiger partial charge in [0.25, 0.3) is 5.91 Å². The maximum atomic E-state index is 13.1. The molecule has 8 heteroatoms. The van der Waals surface area contributed by atoms with Gasteiger partial charge in [-0.15, -0.1) is 0 Å². The lowest BCUT2D eigenvalue weighted by molar-refractivity contribution is -0.141. The molecule has 1 aromatic rings. The zero-order chi connectivity index (χ0) is 15.8. The van der Waals surface area contributed by atoms with Crippen molar-refractivity contribution in [3.05, 3.63) is 29.3 Å². The summed E-state index contributed by atoms with van der Waals surface area (Å²) in [6.07, 6.45) is -5.17. The molecule has 0 aliphatic carbocycles. The van der Waals surface area contributed by atoms with Gasteiger partial charge >= 0.3 is 6.18 Å². The number of likely N-dealkylation sites (N-methyl/N-ethyl adjacent to an activating group) is 1. The summed E-state index contributed by atoms with van der Waals surface area (Å²) in [6, 6.07) is 3.32. The van der Waals surface area contributed by atoms with Crippen molar-refractivity contribution in [3.8, 4) is 5.75 Å². The summed E-state index contributed by atoms with van der Waals surface area (Å²) in [5, 5.41) is 0. The number of hydrogen-bond donors (Lipinski definition) is 1. The highest BCUT2D eigenvalue weighted by molar-refractivity contribution is 7.80. The number of halogens is 3. The number of benzene rings is 1. The van der Waals surface area contributed by atoms with Gasteiger partial charge in [0.15, 0.2) is 6.10 Å². The first-order chi connectivity index (χ1) is 9.70. The molecule has 0 spiro atoms. The van der Waals surface area contributed by atoms with E-state index in [1.807, 2.05) is 0 Å². The molecule has 2 N–H and O–H groups in total. The van der Waals surface area contributed by atoms with Crippen LogP contribution >= 0.6 is 12.2 Å². The average Bonchev–Trinajstić information content (AvgIpc) is 2.69. The zero-order valence-corrected chi connectivity index (χ0v) is 11.9. The lowest BCUT2D eigenvalue weighted by atomic mass is 10.1. The van der Waals surface area contributed by atoms with Crippen LogP contribution in [0.2, 0.25) is 0 Å². The molecule has 0 bridgehead atoms. The highest BCUT2D eigenvalue weighted by Crippen LogP contribution is 2.37. The number of nitrogens with two attached hydrogens (primary N) is 1. The van der Waals surface area contributed by atoms with Crippen LogP contribution in [0.25, 0.3) is 0 Å². The highest BCUT2D eigenvalue weighted by atomic mass is 32.1. The van der Waals surface area contributed by atoms with Gasteiger partial charge in [0.2, 0.25) is 0 Å². The molecule has 21 heavy (non-hydrogen) atoms. The van der Waals surface area contributed by atoms with Crippen LogP contribution in [0.4, 0.5) is 13.2 Å². The van der Waals surface area contributed by atoms with Crippen molar-refractivity contribution in [2.75, 3.05) is 13.6 Å². The van der Waals surface area contributed by atoms with E-state index in [0.717, 1.165) is 12.1 Å². The fraction of sp³-hybridized carbons (Fsp3) is 0.385. The normalized spacial score (nSPS) is 19.0. The Hall–Kier alpha value is -1.83. The first-order valence-electron chi connectivity index (χ1n) is 6.13. The van der Waals surface area contributed by atoms with Gasteiger partial charge in [0, 0.05) is 25.6 Å². The molecule has 1 atom stereocenters. The molecule has 2 rings (SSSR count). The van der Waals surface area contributed by atoms with Gasteiger partial charge < -0.3 is 15.4 Å². The topological polar surface area (TPSA) is 55.6 Å². The molecule has 0 saturated carbocycles. The minimum Gasteiger partial charge on any atom is -0.480 e. The largest absolute Gasteiger partial charge is 0.480 e. The predicted octanol–water partition coefficient (Wildman–Crippen LogP) is 1.95. The van der Waals surface area contributed by atoms with E-state index in [4.69, 9.17) is 10.5 Å². The van der Waals surface area contributed by atoms with Crippen LogP contribution in [0.1, 0.15) is 17.5 Å². The van der Waals surface area contributed by atoms with Gasteiger partial charge in [-0.3, -0.25) is 4.79 Å². The van der Waals surface area contributed by atoms with Gasteiger partial charge in [-0.2, -0.15) is 13.2 Å². The number of hydrogen-bond acceptors (Lipinski definition) is 3. The molecule has 1 aliphatic heterocycles. The van der Waals surface area contributed by atoms with Crippen molar-refractivity contribution in [1.82, 2.24) is 4.90 Å². The van der Waals surface area contributed by atoms with Crippen LogP contribution < -0.4 is 10.5 Å². The van der Waals surface area contributed by atoms with Gasteiger partial charge in [0.05, 0.1) is 5.56 Å². The molecule has 0 radical (unpaired) electrons. The summed E-state index contributed by atoms with van der Waals surface area (Å²) in [4.78, 5) is 13.0. The van der Waals surface area contributed by atoms with Crippen molar-refractivity contribution < 1.29 is 22.7 Å². The monoisotopic (exact) mass is 318 g/mol. The highest BCUT2D eigenvalue weighted by Gasteiger charge is 2.37. The molecular weight excluding hydrogens is 305 g/mol. The number of likely N-dealkylation sites (tertiary alicyclic amines) is 1. The second-order valence-corrected chi connectivity index (χ2v) is 5.17. The molecule has 1 fully saturated rings. The summed E-state index contributed by atoms with van der Waals surface area (Å²) < 4.78 is 44.5. The Kier molecular flexibility index (Phi) is 4.08. The molecule has 114 valence electrons. The number of nitrogens with zero attached hydrogens (tertiary/aromatic N) is 1. The minimum atomic E-state index is -4.62. The quantitative estimate of drug-likeness (QED) is 0.866. The third kappa shape index (κ3) is 3.26. The van der Waals surface area contributed by atoms with Crippen LogP contribution in [-0.2, 0) is 11.0 Å². The Labute approximate surface area is 124 Å². The molecule has 1 aliphatic rings. The molecule has 0 aromatic heterocycles. The van der Waals surface area contributed by atoms with E-state index >= 15 is 0 Å². The summed E-state index contributed by atoms with van der Waals surface area (Å²) in [5.41, 5.74) is 4.45. The number of rotatable bonds is 3. The van der Waals surface area contributed by atoms with E-state index in [9.17, 15) is 18.0 Å². The number of ether oxygens (including phenoxy) is 1. The zero-order valence-electron chi connectivity index (χ0n) is 11.1. The van der Waals surface area contributed by atoms with Crippen molar-refractivity contribution in [3.63, 3.8) is 0 Å². The second-order valence-electron chi connectivity index (χ2n) is 4.73. The molecule has 4 nitrogen and oxygen atoms in total. The molecule has 1 aromatic carbocycles. The van der Waals surface area contributed by atoms with Crippen molar-refractivity contribution in [1.29, 1.82) is 0 Å². The van der Waals surface area contributed by atoms with Crippen LogP contribution in [0.5, 0.6) is 5.75 Å². The Bertz CT molecular complexity index is 589. The van der Waals surface area contributed by atoms with Gasteiger partial charge in [-0.1, -0.05) is 12.2 Å². The number of thiocarbonyl (C=S) groups is 1. The Balaban J connectivity index is 2.35. The van der Waals surface area contributed by atoms with E-state index in [-0.39, 0.29) is 16.5 Å². The Morgan fingerprint density at radius 3 is 2.62 bits per heavy atom. The second kappa shape index (κ2) is 5.51. The van der Waals surface area contributed by atoms with E-state index in [1.54, 1.807) is 7.05 Å². The maximum absolute atomic E-state index is 13.1. The summed E-state index contributed by atoms with van der Waals surface area (Å²) >= 11 is 4.67. The molecule has 1 saturated heterocycles. The van der Waals surface area contributed by atoms with Crippen molar-refractivity contribution in [2.24, 2.45) is 5.73 Å². The van der Waals surface area contributed by atoms with E-state index < -0.39 is 23.6 Å². The van der Waals surface area contributed by atoms with Crippen molar-refractivity contribution >= 4 is 23.1 Å². The fourth-order valence-electron chi connectivity index (χ4n) is 2.06. The molecule has 1 heterocycles. The summed E-state index contributed by atoms with van der Waals surface area (Å²) in [5.74, 6) is -0.724. The van der Waals surface area contributed by atoms with E-state index in [1.165, 1.54) is 11.0 Å². The number of carbonyl (C=O) groups excluding carboxylic acids is 1. The first kappa shape index (κ1) is 15.6. The van der Waals surface area contributed by atoms with Crippen LogP contribution in [0, 0.1) is 0 Å². The molecule has 1 unspecified atom stereocenters. The lowest BCUT2D eigenvalue weighted by Gasteiger charge is -2.18. The molecular formula is C13H13F3N2O2S. The van der Waals surface area contributed by atoms with Gasteiger partial charge in [0.1, 0.15) is 10.7 Å². The summed E-state index contributed by atoms with van der Waals surface area (Å²) in [6.45, 7) is 0.454. The number of alkyl halides is 3. The first-order valence-corrected chi connectivity index (χ1v) is 6.53. The van der Waals surface area contributed by atoms with Crippen LogP contribution in [-0.4, -0.2) is 35.5 Å². The average molecular weight is 318 g/mol. The van der Waals surface area contributed by atoms with Gasteiger partial charge in [-0.25, -0.2) is 0 Å². The third-order valence-electron chi connectivity index (χ3n) is 3.22. The third-order valence-corrected chi connectivity index (χ3v) is 3.45. The Morgan fingerprint density at radius 1 is 1.48 bits per heavy atom. The van der Waals surface area contributed by atoms with E-state index in [0.29, 0.717) is 13.0 Å². The minimum absolute atomic E-state index is 0.0968. The predicted molar refractivity (Wildman–Crippen MR) is 74.0 cm³/mol. The number of carbonyl (C=O) groups is 1. The number of amides is 1. The smallest absolute Gasteiger partial charge is 0.419 e. The van der Waals surface area contributed by atoms with Crippen molar-refractivity contribution in [2.45, 2.75) is 18.7 Å². The van der Waals surface area contributed by atoms with E-state index in [2.05, 4.69) is 12.2 Å².